The molecule has 1 aromatic heterocycles. The van der Waals surface area contributed by atoms with Crippen molar-refractivity contribution in [3.8, 4) is 0 Å². The van der Waals surface area contributed by atoms with Crippen molar-refractivity contribution in [2.24, 2.45) is 5.73 Å². The van der Waals surface area contributed by atoms with Crippen molar-refractivity contribution in [1.82, 2.24) is 9.97 Å². The largest absolute Gasteiger partial charge is 0.323 e. The highest BCUT2D eigenvalue weighted by Crippen LogP contribution is 2.11. The molecule has 1 atom stereocenters. The molecule has 1 heterocycles. The highest BCUT2D eigenvalue weighted by molar-refractivity contribution is 5.73. The molecule has 2 aromatic rings. The number of nitrogens with zero attached hydrogens (tertiary/aromatic N) is 2. The van der Waals surface area contributed by atoms with E-state index in [0.29, 0.717) is 11.2 Å². The quantitative estimate of drug-likeness (QED) is 0.862. The fraction of sp³-hybridized carbons (Fsp3) is 0.273. The number of para-hydroxylation sites is 2. The van der Waals surface area contributed by atoms with E-state index in [0.717, 1.165) is 5.52 Å². The zero-order valence-corrected chi connectivity index (χ0v) is 8.48. The normalized spacial score (nSPS) is 13.2. The van der Waals surface area contributed by atoms with Crippen molar-refractivity contribution in [3.05, 3.63) is 36.2 Å². The molecule has 0 bridgehead atoms. The molecular weight excluding hydrogens is 212 g/mol. The molecule has 0 saturated carbocycles. The number of aromatic nitrogens is 2. The standard InChI is InChI=1S/C11H11F2N3/c12-11(13)8(14)5-7-6-15-9-3-1-2-4-10(9)16-7/h1-4,6,8,11H,5,14H2. The van der Waals surface area contributed by atoms with Crippen molar-refractivity contribution in [2.45, 2.75) is 18.9 Å². The van der Waals surface area contributed by atoms with Crippen molar-refractivity contribution in [1.29, 1.82) is 0 Å². The summed E-state index contributed by atoms with van der Waals surface area (Å²) in [6, 6.07) is 6.10. The molecule has 84 valence electrons. The lowest BCUT2D eigenvalue weighted by atomic mass is 10.2. The highest BCUT2D eigenvalue weighted by atomic mass is 19.3. The Labute approximate surface area is 91.3 Å². The summed E-state index contributed by atoms with van der Waals surface area (Å²) in [6.07, 6.45) is -1.01. The Morgan fingerprint density at radius 3 is 2.56 bits per heavy atom. The molecule has 16 heavy (non-hydrogen) atoms. The third kappa shape index (κ3) is 2.30. The Hall–Kier alpha value is -1.62. The molecule has 1 unspecified atom stereocenters. The summed E-state index contributed by atoms with van der Waals surface area (Å²) in [5, 5.41) is 0. The Kier molecular flexibility index (Phi) is 3.05. The second-order valence-electron chi connectivity index (χ2n) is 3.55. The molecule has 0 aliphatic heterocycles. The number of hydrogen-bond donors (Lipinski definition) is 1. The summed E-state index contributed by atoms with van der Waals surface area (Å²) < 4.78 is 24.5. The van der Waals surface area contributed by atoms with Gasteiger partial charge >= 0.3 is 0 Å². The molecular formula is C11H11F2N3. The number of rotatable bonds is 3. The number of benzene rings is 1. The molecule has 0 aliphatic rings. The van der Waals surface area contributed by atoms with Crippen LogP contribution in [0, 0.1) is 0 Å². The molecule has 0 saturated heterocycles. The van der Waals surface area contributed by atoms with Gasteiger partial charge in [0, 0.05) is 12.6 Å². The van der Waals surface area contributed by atoms with Gasteiger partial charge in [-0.15, -0.1) is 0 Å². The van der Waals surface area contributed by atoms with Crippen molar-refractivity contribution < 1.29 is 8.78 Å². The topological polar surface area (TPSA) is 51.8 Å². The second kappa shape index (κ2) is 4.49. The third-order valence-corrected chi connectivity index (χ3v) is 2.27. The van der Waals surface area contributed by atoms with Crippen LogP contribution in [-0.2, 0) is 6.42 Å². The molecule has 3 nitrogen and oxygen atoms in total. The summed E-state index contributed by atoms with van der Waals surface area (Å²) >= 11 is 0. The minimum Gasteiger partial charge on any atom is -0.323 e. The molecule has 0 radical (unpaired) electrons. The van der Waals surface area contributed by atoms with Crippen LogP contribution in [0.3, 0.4) is 0 Å². The number of hydrogen-bond acceptors (Lipinski definition) is 3. The van der Waals surface area contributed by atoms with E-state index >= 15 is 0 Å². The third-order valence-electron chi connectivity index (χ3n) is 2.27. The Balaban J connectivity index is 2.26. The smallest absolute Gasteiger partial charge is 0.253 e. The molecule has 0 amide bonds. The van der Waals surface area contributed by atoms with Crippen LogP contribution in [0.5, 0.6) is 0 Å². The first-order chi connectivity index (χ1) is 7.66. The van der Waals surface area contributed by atoms with Gasteiger partial charge in [-0.1, -0.05) is 12.1 Å². The maximum Gasteiger partial charge on any atom is 0.253 e. The van der Waals surface area contributed by atoms with Gasteiger partial charge in [0.25, 0.3) is 6.43 Å². The minimum atomic E-state index is -2.53. The average Bonchev–Trinajstić information content (AvgIpc) is 2.28. The van der Waals surface area contributed by atoms with E-state index in [9.17, 15) is 8.78 Å². The summed E-state index contributed by atoms with van der Waals surface area (Å²) in [5.74, 6) is 0. The van der Waals surface area contributed by atoms with Crippen LogP contribution in [0.4, 0.5) is 8.78 Å². The van der Waals surface area contributed by atoms with Crippen molar-refractivity contribution >= 4 is 11.0 Å². The van der Waals surface area contributed by atoms with Crippen LogP contribution in [0.25, 0.3) is 11.0 Å². The van der Waals surface area contributed by atoms with E-state index in [1.807, 2.05) is 18.2 Å². The van der Waals surface area contributed by atoms with Gasteiger partial charge in [0.2, 0.25) is 0 Å². The van der Waals surface area contributed by atoms with E-state index < -0.39 is 12.5 Å². The van der Waals surface area contributed by atoms with Gasteiger partial charge in [-0.2, -0.15) is 0 Å². The monoisotopic (exact) mass is 223 g/mol. The van der Waals surface area contributed by atoms with E-state index in [1.165, 1.54) is 6.20 Å². The lowest BCUT2D eigenvalue weighted by Gasteiger charge is -2.09. The number of fused-ring (bicyclic) bond motifs is 1. The van der Waals surface area contributed by atoms with Crippen molar-refractivity contribution in [2.75, 3.05) is 0 Å². The van der Waals surface area contributed by atoms with E-state index in [-0.39, 0.29) is 6.42 Å². The fourth-order valence-electron chi connectivity index (χ4n) is 1.42. The van der Waals surface area contributed by atoms with Crippen molar-refractivity contribution in [3.63, 3.8) is 0 Å². The number of nitrogens with two attached hydrogens (primary N) is 1. The maximum atomic E-state index is 12.3. The van der Waals surface area contributed by atoms with Gasteiger partial charge in [-0.05, 0) is 12.1 Å². The van der Waals surface area contributed by atoms with Gasteiger partial charge in [0.15, 0.2) is 0 Å². The summed E-state index contributed by atoms with van der Waals surface area (Å²) in [4.78, 5) is 8.35. The van der Waals surface area contributed by atoms with Gasteiger partial charge in [-0.3, -0.25) is 4.98 Å². The zero-order valence-electron chi connectivity index (χ0n) is 8.48. The van der Waals surface area contributed by atoms with Crippen LogP contribution in [0.2, 0.25) is 0 Å². The predicted molar refractivity (Wildman–Crippen MR) is 57.2 cm³/mol. The van der Waals surface area contributed by atoms with Crippen LogP contribution in [0.1, 0.15) is 5.69 Å². The van der Waals surface area contributed by atoms with Crippen LogP contribution in [0.15, 0.2) is 30.5 Å². The van der Waals surface area contributed by atoms with Gasteiger partial charge in [-0.25, -0.2) is 13.8 Å². The second-order valence-corrected chi connectivity index (χ2v) is 3.55. The van der Waals surface area contributed by atoms with Crippen LogP contribution < -0.4 is 5.73 Å². The Morgan fingerprint density at radius 2 is 1.88 bits per heavy atom. The Bertz CT molecular complexity index is 487. The van der Waals surface area contributed by atoms with Gasteiger partial charge in [0.05, 0.1) is 22.8 Å². The average molecular weight is 223 g/mol. The summed E-state index contributed by atoms with van der Waals surface area (Å²) in [5.41, 5.74) is 7.21. The molecule has 0 aliphatic carbocycles. The fourth-order valence-corrected chi connectivity index (χ4v) is 1.42. The molecule has 2 rings (SSSR count). The summed E-state index contributed by atoms with van der Waals surface area (Å²) in [6.45, 7) is 0. The number of alkyl halides is 2. The first kappa shape index (κ1) is 10.9. The summed E-state index contributed by atoms with van der Waals surface area (Å²) in [7, 11) is 0. The number of halogens is 2. The Morgan fingerprint density at radius 1 is 1.19 bits per heavy atom. The van der Waals surface area contributed by atoms with Gasteiger partial charge < -0.3 is 5.73 Å². The maximum absolute atomic E-state index is 12.3. The van der Waals surface area contributed by atoms with Crippen LogP contribution >= 0.6 is 0 Å². The SMILES string of the molecule is NC(Cc1cnc2ccccc2n1)C(F)F. The predicted octanol–water partition coefficient (Wildman–Crippen LogP) is 1.76. The zero-order chi connectivity index (χ0) is 11.5. The molecule has 2 N–H and O–H groups in total. The minimum absolute atomic E-state index is 0.0372. The lowest BCUT2D eigenvalue weighted by molar-refractivity contribution is 0.115. The van der Waals surface area contributed by atoms with Crippen LogP contribution in [-0.4, -0.2) is 22.4 Å². The first-order valence-corrected chi connectivity index (χ1v) is 4.91. The first-order valence-electron chi connectivity index (χ1n) is 4.91. The van der Waals surface area contributed by atoms with E-state index in [1.54, 1.807) is 6.07 Å². The molecule has 0 fully saturated rings. The van der Waals surface area contributed by atoms with E-state index in [4.69, 9.17) is 5.73 Å². The highest BCUT2D eigenvalue weighted by Gasteiger charge is 2.16. The van der Waals surface area contributed by atoms with Gasteiger partial charge in [0.1, 0.15) is 0 Å². The molecule has 1 aromatic carbocycles. The molecule has 0 spiro atoms. The molecule has 5 heteroatoms. The van der Waals surface area contributed by atoms with E-state index in [2.05, 4.69) is 9.97 Å². The lowest BCUT2D eigenvalue weighted by Crippen LogP contribution is -2.31.